The van der Waals surface area contributed by atoms with Crippen molar-refractivity contribution in [3.63, 3.8) is 0 Å². The van der Waals surface area contributed by atoms with Crippen molar-refractivity contribution < 1.29 is 14.3 Å². The summed E-state index contributed by atoms with van der Waals surface area (Å²) in [6.45, 7) is 1.86. The number of nitrogens with zero attached hydrogens (tertiary/aromatic N) is 4. The van der Waals surface area contributed by atoms with Crippen molar-refractivity contribution >= 4 is 33.4 Å². The molecule has 9 heteroatoms. The maximum atomic E-state index is 12.8. The minimum absolute atomic E-state index is 0.0302. The summed E-state index contributed by atoms with van der Waals surface area (Å²) < 4.78 is 5.34. The lowest BCUT2D eigenvalue weighted by atomic mass is 10.1. The Bertz CT molecular complexity index is 871. The van der Waals surface area contributed by atoms with Crippen LogP contribution in [0.4, 0.5) is 10.3 Å². The molecule has 0 radical (unpaired) electrons. The predicted octanol–water partition coefficient (Wildman–Crippen LogP) is 1.96. The Labute approximate surface area is 167 Å². The highest BCUT2D eigenvalue weighted by Crippen LogP contribution is 2.33. The van der Waals surface area contributed by atoms with Gasteiger partial charge in [-0.3, -0.25) is 14.5 Å². The molecule has 0 bridgehead atoms. The third-order valence-corrected chi connectivity index (χ3v) is 6.14. The van der Waals surface area contributed by atoms with Crippen LogP contribution in [0.25, 0.3) is 0 Å². The molecular weight excluding hydrogens is 378 g/mol. The van der Waals surface area contributed by atoms with Crippen molar-refractivity contribution in [3.8, 4) is 5.75 Å². The Morgan fingerprint density at radius 2 is 2.07 bits per heavy atom. The average Bonchev–Trinajstić information content (AvgIpc) is 3.45. The molecule has 1 aromatic heterocycles. The summed E-state index contributed by atoms with van der Waals surface area (Å²) in [7, 11) is 1.62. The number of hydrogen-bond donors (Lipinski definition) is 1. The quantitative estimate of drug-likeness (QED) is 0.796. The summed E-state index contributed by atoms with van der Waals surface area (Å²) in [5, 5.41) is 12.8. The third kappa shape index (κ3) is 3.66. The molecular formula is C19H23N5O3S. The molecule has 2 aliphatic heterocycles. The number of anilines is 2. The van der Waals surface area contributed by atoms with Gasteiger partial charge in [0.15, 0.2) is 0 Å². The van der Waals surface area contributed by atoms with Gasteiger partial charge in [0.1, 0.15) is 11.8 Å². The third-order valence-electron chi connectivity index (χ3n) is 5.15. The molecule has 3 heterocycles. The normalized spacial score (nSPS) is 19.3. The first kappa shape index (κ1) is 18.7. The Morgan fingerprint density at radius 3 is 2.86 bits per heavy atom. The Balaban J connectivity index is 1.42. The zero-order chi connectivity index (χ0) is 19.5. The highest BCUT2D eigenvalue weighted by Gasteiger charge is 2.34. The molecule has 1 N–H and O–H groups in total. The van der Waals surface area contributed by atoms with Gasteiger partial charge in [0, 0.05) is 31.6 Å². The number of amides is 2. The fourth-order valence-electron chi connectivity index (χ4n) is 3.70. The van der Waals surface area contributed by atoms with E-state index in [9.17, 15) is 9.59 Å². The van der Waals surface area contributed by atoms with E-state index in [0.717, 1.165) is 37.1 Å². The van der Waals surface area contributed by atoms with E-state index in [1.165, 1.54) is 11.3 Å². The van der Waals surface area contributed by atoms with Crippen molar-refractivity contribution in [1.29, 1.82) is 0 Å². The molecule has 0 saturated carbocycles. The largest absolute Gasteiger partial charge is 0.496 e. The lowest BCUT2D eigenvalue weighted by Crippen LogP contribution is -2.43. The number of ether oxygens (including phenoxy) is 1. The minimum atomic E-state index is -0.273. The number of para-hydroxylation sites is 1. The van der Waals surface area contributed by atoms with Crippen LogP contribution in [0.1, 0.15) is 31.2 Å². The molecule has 0 unspecified atom stereocenters. The number of benzene rings is 1. The first-order valence-electron chi connectivity index (χ1n) is 9.47. The lowest BCUT2D eigenvalue weighted by molar-refractivity contribution is -0.122. The molecule has 2 amide bonds. The van der Waals surface area contributed by atoms with E-state index in [4.69, 9.17) is 4.74 Å². The van der Waals surface area contributed by atoms with Crippen molar-refractivity contribution in [3.05, 3.63) is 29.8 Å². The van der Waals surface area contributed by atoms with E-state index in [1.807, 2.05) is 29.2 Å². The van der Waals surface area contributed by atoms with Gasteiger partial charge in [-0.25, -0.2) is 0 Å². The number of methoxy groups -OCH3 is 1. The maximum absolute atomic E-state index is 12.8. The topological polar surface area (TPSA) is 87.7 Å². The van der Waals surface area contributed by atoms with Gasteiger partial charge in [-0.05, 0) is 25.3 Å². The Kier molecular flexibility index (Phi) is 5.43. The summed E-state index contributed by atoms with van der Waals surface area (Å²) in [5.41, 5.74) is 0.939. The van der Waals surface area contributed by atoms with E-state index in [0.29, 0.717) is 29.8 Å². The predicted molar refractivity (Wildman–Crippen MR) is 107 cm³/mol. The number of carbonyl (C=O) groups excluding carboxylic acids is 2. The van der Waals surface area contributed by atoms with E-state index >= 15 is 0 Å². The summed E-state index contributed by atoms with van der Waals surface area (Å²) in [6, 6.07) is 7.38. The van der Waals surface area contributed by atoms with Gasteiger partial charge in [0.2, 0.25) is 22.1 Å². The summed E-state index contributed by atoms with van der Waals surface area (Å²) in [6.07, 6.45) is 3.11. The fraction of sp³-hybridized carbons (Fsp3) is 0.474. The number of aromatic nitrogens is 2. The van der Waals surface area contributed by atoms with E-state index in [2.05, 4.69) is 15.5 Å². The smallest absolute Gasteiger partial charge is 0.243 e. The first-order chi connectivity index (χ1) is 13.7. The molecule has 1 aromatic carbocycles. The molecule has 2 aliphatic rings. The molecule has 148 valence electrons. The van der Waals surface area contributed by atoms with Crippen molar-refractivity contribution in [1.82, 2.24) is 15.5 Å². The lowest BCUT2D eigenvalue weighted by Gasteiger charge is -2.23. The van der Waals surface area contributed by atoms with Crippen molar-refractivity contribution in [2.45, 2.75) is 38.3 Å². The van der Waals surface area contributed by atoms with Crippen LogP contribution >= 0.6 is 11.3 Å². The van der Waals surface area contributed by atoms with Gasteiger partial charge in [0.25, 0.3) is 0 Å². The van der Waals surface area contributed by atoms with Gasteiger partial charge in [-0.1, -0.05) is 29.5 Å². The molecule has 0 aliphatic carbocycles. The highest BCUT2D eigenvalue weighted by atomic mass is 32.1. The van der Waals surface area contributed by atoms with Gasteiger partial charge in [-0.15, -0.1) is 10.2 Å². The fourth-order valence-corrected chi connectivity index (χ4v) is 4.67. The van der Waals surface area contributed by atoms with Crippen molar-refractivity contribution in [2.24, 2.45) is 0 Å². The van der Waals surface area contributed by atoms with Crippen LogP contribution in [0.15, 0.2) is 24.3 Å². The Hall–Kier alpha value is -2.68. The monoisotopic (exact) mass is 401 g/mol. The summed E-state index contributed by atoms with van der Waals surface area (Å²) in [4.78, 5) is 28.4. The number of carbonyl (C=O) groups is 2. The van der Waals surface area contributed by atoms with E-state index in [-0.39, 0.29) is 17.9 Å². The number of hydrogen-bond acceptors (Lipinski definition) is 7. The van der Waals surface area contributed by atoms with Gasteiger partial charge >= 0.3 is 0 Å². The van der Waals surface area contributed by atoms with Crippen LogP contribution < -0.4 is 19.9 Å². The maximum Gasteiger partial charge on any atom is 0.243 e. The molecule has 4 rings (SSSR count). The van der Waals surface area contributed by atoms with Crippen LogP contribution in [-0.4, -0.2) is 48.3 Å². The van der Waals surface area contributed by atoms with Gasteiger partial charge < -0.3 is 15.0 Å². The molecule has 28 heavy (non-hydrogen) atoms. The zero-order valence-electron chi connectivity index (χ0n) is 15.8. The molecule has 0 spiro atoms. The first-order valence-corrected chi connectivity index (χ1v) is 10.3. The second-order valence-electron chi connectivity index (χ2n) is 6.90. The van der Waals surface area contributed by atoms with Crippen LogP contribution in [-0.2, 0) is 16.1 Å². The van der Waals surface area contributed by atoms with Gasteiger partial charge in [-0.2, -0.15) is 0 Å². The van der Waals surface area contributed by atoms with Gasteiger partial charge in [0.05, 0.1) is 7.11 Å². The van der Waals surface area contributed by atoms with E-state index in [1.54, 1.807) is 12.0 Å². The molecule has 8 nitrogen and oxygen atoms in total. The standard InChI is InChI=1S/C19H23N5O3S/c1-27-15-8-3-2-6-13(15)12-20-17(26)14-7-4-10-23(14)18-21-22-19(28-18)24-11-5-9-16(24)25/h2-3,6,8,14H,4-5,7,9-12H2,1H3,(H,20,26)/t14-/m1/s1. The highest BCUT2D eigenvalue weighted by molar-refractivity contribution is 7.19. The van der Waals surface area contributed by atoms with Crippen LogP contribution in [0.3, 0.4) is 0 Å². The van der Waals surface area contributed by atoms with Crippen LogP contribution in [0.2, 0.25) is 0 Å². The van der Waals surface area contributed by atoms with Crippen LogP contribution in [0, 0.1) is 0 Å². The zero-order valence-corrected chi connectivity index (χ0v) is 16.6. The molecule has 2 aromatic rings. The molecule has 2 fully saturated rings. The van der Waals surface area contributed by atoms with E-state index < -0.39 is 0 Å². The van der Waals surface area contributed by atoms with Crippen LogP contribution in [0.5, 0.6) is 5.75 Å². The number of nitrogens with one attached hydrogen (secondary N) is 1. The second-order valence-corrected chi connectivity index (χ2v) is 7.83. The van der Waals surface area contributed by atoms with Crippen molar-refractivity contribution in [2.75, 3.05) is 30.0 Å². The summed E-state index contributed by atoms with van der Waals surface area (Å²) >= 11 is 1.38. The average molecular weight is 401 g/mol. The SMILES string of the molecule is COc1ccccc1CNC(=O)[C@H]1CCCN1c1nnc(N2CCCC2=O)s1. The minimum Gasteiger partial charge on any atom is -0.496 e. The second kappa shape index (κ2) is 8.14. The Morgan fingerprint density at radius 1 is 1.25 bits per heavy atom. The molecule has 1 atom stereocenters. The summed E-state index contributed by atoms with van der Waals surface area (Å²) in [5.74, 6) is 0.822. The molecule has 2 saturated heterocycles. The number of rotatable bonds is 6.